The summed E-state index contributed by atoms with van der Waals surface area (Å²) in [6, 6.07) is 0.976. The van der Waals surface area contributed by atoms with Crippen LogP contribution in [0.4, 0.5) is 0 Å². The van der Waals surface area contributed by atoms with Crippen LogP contribution < -0.4 is 10.6 Å². The number of hydrogen-bond acceptors (Lipinski definition) is 2. The molecule has 0 radical (unpaired) electrons. The normalized spacial score (nSPS) is 39.9. The Labute approximate surface area is 84.6 Å². The van der Waals surface area contributed by atoms with Gasteiger partial charge in [-0.3, -0.25) is 10.1 Å². The highest BCUT2D eigenvalue weighted by Crippen LogP contribution is 2.37. The molecule has 3 heteroatoms. The molecule has 1 saturated heterocycles. The fourth-order valence-electron chi connectivity index (χ4n) is 3.11. The lowest BCUT2D eigenvalue weighted by Crippen LogP contribution is -2.73. The minimum Gasteiger partial charge on any atom is -0.350 e. The molecule has 3 rings (SSSR count). The molecule has 0 aromatic rings. The summed E-state index contributed by atoms with van der Waals surface area (Å²) in [5, 5.41) is 6.82. The van der Waals surface area contributed by atoms with Crippen LogP contribution in [0.3, 0.4) is 0 Å². The Hall–Kier alpha value is -0.570. The summed E-state index contributed by atoms with van der Waals surface area (Å²) in [5.41, 5.74) is -0.154. The van der Waals surface area contributed by atoms with Crippen molar-refractivity contribution in [3.05, 3.63) is 0 Å². The number of piperazine rings is 1. The number of carbonyl (C=O) groups excluding carboxylic acids is 1. The molecular weight excluding hydrogens is 176 g/mol. The Kier molecular flexibility index (Phi) is 1.84. The highest BCUT2D eigenvalue weighted by Gasteiger charge is 2.50. The fraction of sp³-hybridized carbons (Fsp3) is 0.909. The van der Waals surface area contributed by atoms with E-state index in [0.717, 1.165) is 12.8 Å². The quantitative estimate of drug-likeness (QED) is 0.602. The molecule has 14 heavy (non-hydrogen) atoms. The van der Waals surface area contributed by atoms with Gasteiger partial charge in [0.2, 0.25) is 5.91 Å². The smallest absolute Gasteiger partial charge is 0.240 e. The SMILES string of the molecule is O=C1N[C@H]2CCCC[C@H]2NC12CCC2. The molecule has 0 unspecified atom stereocenters. The van der Waals surface area contributed by atoms with Crippen molar-refractivity contribution >= 4 is 5.91 Å². The molecule has 3 aliphatic rings. The standard InChI is InChI=1S/C11H18N2O/c14-10-11(6-3-7-11)13-9-5-2-1-4-8(9)12-10/h8-9,13H,1-7H2,(H,12,14)/t8-,9+/m0/s1. The van der Waals surface area contributed by atoms with Gasteiger partial charge in [0.05, 0.1) is 5.54 Å². The second kappa shape index (κ2) is 2.96. The summed E-state index contributed by atoms with van der Waals surface area (Å²) in [5.74, 6) is 0.270. The van der Waals surface area contributed by atoms with Crippen molar-refractivity contribution in [3.63, 3.8) is 0 Å². The van der Waals surface area contributed by atoms with E-state index in [1.165, 1.54) is 32.1 Å². The van der Waals surface area contributed by atoms with Gasteiger partial charge in [0.25, 0.3) is 0 Å². The Balaban J connectivity index is 1.78. The van der Waals surface area contributed by atoms with Gasteiger partial charge in [-0.25, -0.2) is 0 Å². The van der Waals surface area contributed by atoms with E-state index in [1.54, 1.807) is 0 Å². The Bertz CT molecular complexity index is 260. The first kappa shape index (κ1) is 8.72. The van der Waals surface area contributed by atoms with Crippen LogP contribution in [0.15, 0.2) is 0 Å². The van der Waals surface area contributed by atoms with Gasteiger partial charge in [0, 0.05) is 12.1 Å². The second-order valence-corrected chi connectivity index (χ2v) is 5.05. The third kappa shape index (κ3) is 1.11. The first-order chi connectivity index (χ1) is 6.80. The highest BCUT2D eigenvalue weighted by atomic mass is 16.2. The van der Waals surface area contributed by atoms with Crippen LogP contribution in [0, 0.1) is 0 Å². The maximum atomic E-state index is 11.9. The van der Waals surface area contributed by atoms with Gasteiger partial charge in [-0.15, -0.1) is 0 Å². The first-order valence-electron chi connectivity index (χ1n) is 5.89. The van der Waals surface area contributed by atoms with Crippen molar-refractivity contribution < 1.29 is 4.79 Å². The molecule has 0 aromatic carbocycles. The Morgan fingerprint density at radius 2 is 1.79 bits per heavy atom. The molecule has 0 aromatic heterocycles. The molecule has 2 saturated carbocycles. The minimum absolute atomic E-state index is 0.154. The van der Waals surface area contributed by atoms with Crippen molar-refractivity contribution in [3.8, 4) is 0 Å². The predicted octanol–water partition coefficient (Wildman–Crippen LogP) is 0.940. The van der Waals surface area contributed by atoms with Crippen LogP contribution in [0.2, 0.25) is 0 Å². The number of nitrogens with one attached hydrogen (secondary N) is 2. The van der Waals surface area contributed by atoms with E-state index in [4.69, 9.17) is 0 Å². The second-order valence-electron chi connectivity index (χ2n) is 5.05. The summed E-state index contributed by atoms with van der Waals surface area (Å²) in [7, 11) is 0. The molecule has 1 aliphatic heterocycles. The first-order valence-corrected chi connectivity index (χ1v) is 5.89. The molecule has 3 nitrogen and oxygen atoms in total. The van der Waals surface area contributed by atoms with Gasteiger partial charge in [-0.05, 0) is 32.1 Å². The number of hydrogen-bond donors (Lipinski definition) is 2. The zero-order valence-electron chi connectivity index (χ0n) is 8.51. The Morgan fingerprint density at radius 1 is 1.07 bits per heavy atom. The van der Waals surface area contributed by atoms with Crippen molar-refractivity contribution in [2.45, 2.75) is 62.6 Å². The van der Waals surface area contributed by atoms with Crippen LogP contribution >= 0.6 is 0 Å². The third-order valence-corrected chi connectivity index (χ3v) is 4.19. The number of carbonyl (C=O) groups is 1. The van der Waals surface area contributed by atoms with Crippen LogP contribution in [0.1, 0.15) is 44.9 Å². The van der Waals surface area contributed by atoms with Crippen molar-refractivity contribution in [1.29, 1.82) is 0 Å². The van der Waals surface area contributed by atoms with Gasteiger partial charge < -0.3 is 5.32 Å². The van der Waals surface area contributed by atoms with Gasteiger partial charge in [0.1, 0.15) is 0 Å². The van der Waals surface area contributed by atoms with Crippen LogP contribution in [0.25, 0.3) is 0 Å². The topological polar surface area (TPSA) is 41.1 Å². The zero-order chi connectivity index (χ0) is 9.60. The largest absolute Gasteiger partial charge is 0.350 e. The van der Waals surface area contributed by atoms with E-state index in [1.807, 2.05) is 0 Å². The average Bonchev–Trinajstić information content (AvgIpc) is 2.14. The maximum absolute atomic E-state index is 11.9. The third-order valence-electron chi connectivity index (χ3n) is 4.19. The monoisotopic (exact) mass is 194 g/mol. The van der Waals surface area contributed by atoms with Crippen molar-refractivity contribution in [2.24, 2.45) is 0 Å². The molecule has 2 atom stereocenters. The molecule has 2 aliphatic carbocycles. The van der Waals surface area contributed by atoms with Crippen LogP contribution in [-0.4, -0.2) is 23.5 Å². The van der Waals surface area contributed by atoms with E-state index < -0.39 is 0 Å². The van der Waals surface area contributed by atoms with Gasteiger partial charge in [-0.2, -0.15) is 0 Å². The average molecular weight is 194 g/mol. The molecule has 1 heterocycles. The highest BCUT2D eigenvalue weighted by molar-refractivity contribution is 5.88. The maximum Gasteiger partial charge on any atom is 0.240 e. The van der Waals surface area contributed by atoms with E-state index in [9.17, 15) is 4.79 Å². The summed E-state index contributed by atoms with van der Waals surface area (Å²) in [4.78, 5) is 11.9. The van der Waals surface area contributed by atoms with Crippen LogP contribution in [0.5, 0.6) is 0 Å². The molecule has 2 N–H and O–H groups in total. The van der Waals surface area contributed by atoms with Gasteiger partial charge in [-0.1, -0.05) is 12.8 Å². The molecule has 1 spiro atoms. The van der Waals surface area contributed by atoms with Gasteiger partial charge in [0.15, 0.2) is 0 Å². The van der Waals surface area contributed by atoms with Crippen LogP contribution in [-0.2, 0) is 4.79 Å². The van der Waals surface area contributed by atoms with E-state index >= 15 is 0 Å². The fourth-order valence-corrected chi connectivity index (χ4v) is 3.11. The van der Waals surface area contributed by atoms with Crippen molar-refractivity contribution in [1.82, 2.24) is 10.6 Å². The van der Waals surface area contributed by atoms with E-state index in [-0.39, 0.29) is 11.4 Å². The molecule has 78 valence electrons. The van der Waals surface area contributed by atoms with E-state index in [0.29, 0.717) is 12.1 Å². The lowest BCUT2D eigenvalue weighted by molar-refractivity contribution is -0.136. The van der Waals surface area contributed by atoms with Gasteiger partial charge >= 0.3 is 0 Å². The lowest BCUT2D eigenvalue weighted by atomic mass is 9.72. The molecule has 1 amide bonds. The molecule has 0 bridgehead atoms. The summed E-state index contributed by atoms with van der Waals surface area (Å²) in [6.45, 7) is 0. The zero-order valence-corrected chi connectivity index (χ0v) is 8.51. The summed E-state index contributed by atoms with van der Waals surface area (Å²) in [6.07, 6.45) is 8.30. The van der Waals surface area contributed by atoms with E-state index in [2.05, 4.69) is 10.6 Å². The Morgan fingerprint density at radius 3 is 2.43 bits per heavy atom. The molecular formula is C11H18N2O. The molecule has 3 fully saturated rings. The summed E-state index contributed by atoms with van der Waals surface area (Å²) < 4.78 is 0. The minimum atomic E-state index is -0.154. The lowest BCUT2D eigenvalue weighted by Gasteiger charge is -2.51. The predicted molar refractivity (Wildman–Crippen MR) is 53.9 cm³/mol. The summed E-state index contributed by atoms with van der Waals surface area (Å²) >= 11 is 0. The number of rotatable bonds is 0. The number of fused-ring (bicyclic) bond motifs is 1. The number of amides is 1. The van der Waals surface area contributed by atoms with Crippen molar-refractivity contribution in [2.75, 3.05) is 0 Å².